The van der Waals surface area contributed by atoms with Crippen molar-refractivity contribution in [2.45, 2.75) is 123 Å². The van der Waals surface area contributed by atoms with Crippen molar-refractivity contribution in [1.29, 1.82) is 0 Å². The zero-order valence-electron chi connectivity index (χ0n) is 24.9. The highest BCUT2D eigenvalue weighted by Crippen LogP contribution is 2.21. The first-order valence-electron chi connectivity index (χ1n) is 15.2. The Hall–Kier alpha value is -2.38. The number of carbonyl (C=O) groups is 2. The number of ether oxygens (including phenoxy) is 2. The van der Waals surface area contributed by atoms with Crippen LogP contribution in [0.5, 0.6) is 0 Å². The summed E-state index contributed by atoms with van der Waals surface area (Å²) in [5, 5.41) is 1.11. The molecule has 1 aromatic heterocycles. The number of unbranched alkanes of at least 4 members (excludes halogenated alkanes) is 9. The summed E-state index contributed by atoms with van der Waals surface area (Å²) in [6.45, 7) is 7.24. The smallest absolute Gasteiger partial charge is 0.325 e. The van der Waals surface area contributed by atoms with E-state index in [0.29, 0.717) is 25.2 Å². The lowest BCUT2D eigenvalue weighted by molar-refractivity contribution is -0.155. The minimum Gasteiger partial charge on any atom is -0.469 e. The number of aromatic nitrogens is 1. The van der Waals surface area contributed by atoms with Crippen LogP contribution in [0.3, 0.4) is 0 Å². The van der Waals surface area contributed by atoms with Crippen LogP contribution in [0.2, 0.25) is 0 Å². The normalized spacial score (nSPS) is 13.1. The van der Waals surface area contributed by atoms with Crippen molar-refractivity contribution in [3.8, 4) is 0 Å². The van der Waals surface area contributed by atoms with Crippen molar-refractivity contribution in [2.24, 2.45) is 5.92 Å². The molecule has 3 N–H and O–H groups in total. The Balaban J connectivity index is 1.88. The molecule has 0 fully saturated rings. The number of methoxy groups -OCH3 is 1. The molecule has 0 saturated carbocycles. The van der Waals surface area contributed by atoms with Gasteiger partial charge in [0, 0.05) is 36.5 Å². The molecule has 2 aromatic rings. The van der Waals surface area contributed by atoms with E-state index in [0.717, 1.165) is 29.4 Å². The van der Waals surface area contributed by atoms with E-state index in [-0.39, 0.29) is 24.5 Å². The summed E-state index contributed by atoms with van der Waals surface area (Å²) in [7, 11) is 1.38. The third-order valence-corrected chi connectivity index (χ3v) is 7.23. The van der Waals surface area contributed by atoms with Crippen LogP contribution in [0, 0.1) is 5.92 Å². The second-order valence-electron chi connectivity index (χ2n) is 11.2. The lowest BCUT2D eigenvalue weighted by atomic mass is 10.0. The molecule has 0 amide bonds. The molecule has 2 rings (SSSR count). The first-order valence-corrected chi connectivity index (χ1v) is 15.2. The first kappa shape index (κ1) is 32.8. The van der Waals surface area contributed by atoms with E-state index >= 15 is 0 Å². The number of esters is 2. The van der Waals surface area contributed by atoms with E-state index in [9.17, 15) is 9.59 Å². The molecule has 0 radical (unpaired) electrons. The minimum absolute atomic E-state index is 0.235. The highest BCUT2D eigenvalue weighted by atomic mass is 16.5. The van der Waals surface area contributed by atoms with Crippen LogP contribution in [-0.4, -0.2) is 42.7 Å². The van der Waals surface area contributed by atoms with Gasteiger partial charge in [0.05, 0.1) is 7.11 Å². The Morgan fingerprint density at radius 3 is 2.28 bits per heavy atom. The van der Waals surface area contributed by atoms with Gasteiger partial charge in [-0.3, -0.25) is 15.0 Å². The number of hydrogen-bond donors (Lipinski definition) is 3. The summed E-state index contributed by atoms with van der Waals surface area (Å²) < 4.78 is 10.8. The molecule has 1 unspecified atom stereocenters. The van der Waals surface area contributed by atoms with Crippen LogP contribution in [0.15, 0.2) is 30.5 Å². The Labute approximate surface area is 236 Å². The zero-order chi connectivity index (χ0) is 28.3. The molecule has 2 atom stereocenters. The highest BCUT2D eigenvalue weighted by Gasteiger charge is 2.26. The molecule has 0 aliphatic carbocycles. The Bertz CT molecular complexity index is 942. The summed E-state index contributed by atoms with van der Waals surface area (Å²) in [4.78, 5) is 28.4. The summed E-state index contributed by atoms with van der Waals surface area (Å²) in [5.74, 6) is -0.243. The zero-order valence-corrected chi connectivity index (χ0v) is 24.9. The lowest BCUT2D eigenvalue weighted by Crippen LogP contribution is -2.48. The predicted octanol–water partition coefficient (Wildman–Crippen LogP) is 7.01. The standard InChI is InChI=1S/C32H53N3O4/c1-5-6-7-8-9-10-11-12-13-16-21-34-35-30(23-26-24-33-29-18-15-14-17-28(26)29)32(37)39-27(22-25(2)3)19-20-31(36)38-4/h14-15,17-18,24-25,27,30,33-35H,5-13,16,19-23H2,1-4H3/t27?,30-/m0/s1. The maximum atomic E-state index is 13.4. The Morgan fingerprint density at radius 1 is 0.949 bits per heavy atom. The van der Waals surface area contributed by atoms with Crippen LogP contribution in [0.25, 0.3) is 10.9 Å². The third-order valence-electron chi connectivity index (χ3n) is 7.23. The number of nitrogens with one attached hydrogen (secondary N) is 3. The number of benzene rings is 1. The first-order chi connectivity index (χ1) is 18.9. The van der Waals surface area contributed by atoms with Gasteiger partial charge in [-0.25, -0.2) is 5.43 Å². The van der Waals surface area contributed by atoms with Gasteiger partial charge < -0.3 is 14.5 Å². The number of hydrazine groups is 1. The molecule has 0 spiro atoms. The fraction of sp³-hybridized carbons (Fsp3) is 0.688. The molecule has 0 aliphatic heterocycles. The second kappa shape index (κ2) is 19.6. The molecular formula is C32H53N3O4. The van der Waals surface area contributed by atoms with Gasteiger partial charge in [-0.1, -0.05) is 96.8 Å². The second-order valence-corrected chi connectivity index (χ2v) is 11.2. The van der Waals surface area contributed by atoms with E-state index in [4.69, 9.17) is 9.47 Å². The monoisotopic (exact) mass is 543 g/mol. The van der Waals surface area contributed by atoms with Gasteiger partial charge in [-0.05, 0) is 36.8 Å². The van der Waals surface area contributed by atoms with Gasteiger partial charge in [0.25, 0.3) is 0 Å². The molecule has 0 aliphatic rings. The molecule has 0 saturated heterocycles. The molecule has 0 bridgehead atoms. The van der Waals surface area contributed by atoms with Crippen LogP contribution in [0.1, 0.15) is 110 Å². The van der Waals surface area contributed by atoms with Crippen LogP contribution >= 0.6 is 0 Å². The maximum absolute atomic E-state index is 13.4. The minimum atomic E-state index is -0.542. The van der Waals surface area contributed by atoms with E-state index < -0.39 is 6.04 Å². The van der Waals surface area contributed by atoms with E-state index in [1.165, 1.54) is 64.9 Å². The van der Waals surface area contributed by atoms with Gasteiger partial charge in [0.2, 0.25) is 0 Å². The number of carbonyl (C=O) groups excluding carboxylic acids is 2. The van der Waals surface area contributed by atoms with Gasteiger partial charge in [-0.15, -0.1) is 0 Å². The molecule has 7 heteroatoms. The number of H-pyrrole nitrogens is 1. The number of para-hydroxylation sites is 1. The number of rotatable bonds is 22. The van der Waals surface area contributed by atoms with Crippen molar-refractivity contribution in [2.75, 3.05) is 13.7 Å². The largest absolute Gasteiger partial charge is 0.469 e. The summed E-state index contributed by atoms with van der Waals surface area (Å²) >= 11 is 0. The summed E-state index contributed by atoms with van der Waals surface area (Å²) in [6, 6.07) is 7.57. The lowest BCUT2D eigenvalue weighted by Gasteiger charge is -2.24. The maximum Gasteiger partial charge on any atom is 0.325 e. The van der Waals surface area contributed by atoms with Gasteiger partial charge in [-0.2, -0.15) is 0 Å². The summed E-state index contributed by atoms with van der Waals surface area (Å²) in [5.41, 5.74) is 8.66. The number of aromatic amines is 1. The Morgan fingerprint density at radius 2 is 1.62 bits per heavy atom. The SMILES string of the molecule is CCCCCCCCCCCCNN[C@@H](Cc1c[nH]c2ccccc12)C(=O)OC(CCC(=O)OC)CC(C)C. The molecule has 7 nitrogen and oxygen atoms in total. The highest BCUT2D eigenvalue weighted by molar-refractivity contribution is 5.84. The third kappa shape index (κ3) is 13.5. The van der Waals surface area contributed by atoms with Gasteiger partial charge >= 0.3 is 11.9 Å². The average Bonchev–Trinajstić information content (AvgIpc) is 3.33. The van der Waals surface area contributed by atoms with E-state index in [1.807, 2.05) is 24.4 Å². The molecule has 39 heavy (non-hydrogen) atoms. The van der Waals surface area contributed by atoms with Crippen molar-refractivity contribution < 1.29 is 19.1 Å². The fourth-order valence-corrected chi connectivity index (χ4v) is 4.99. The quantitative estimate of drug-likeness (QED) is 0.0841. The van der Waals surface area contributed by atoms with Gasteiger partial charge in [0.15, 0.2) is 0 Å². The Kier molecular flexibility index (Phi) is 16.5. The number of fused-ring (bicyclic) bond motifs is 1. The molecule has 1 aromatic carbocycles. The van der Waals surface area contributed by atoms with Gasteiger partial charge in [0.1, 0.15) is 12.1 Å². The van der Waals surface area contributed by atoms with E-state index in [2.05, 4.69) is 42.7 Å². The van der Waals surface area contributed by atoms with Crippen molar-refractivity contribution in [1.82, 2.24) is 15.8 Å². The average molecular weight is 544 g/mol. The van der Waals surface area contributed by atoms with Crippen molar-refractivity contribution in [3.05, 3.63) is 36.0 Å². The fourth-order valence-electron chi connectivity index (χ4n) is 4.99. The van der Waals surface area contributed by atoms with Crippen LogP contribution < -0.4 is 10.9 Å². The summed E-state index contributed by atoms with van der Waals surface area (Å²) in [6.07, 6.45) is 16.4. The van der Waals surface area contributed by atoms with Crippen LogP contribution in [-0.2, 0) is 25.5 Å². The van der Waals surface area contributed by atoms with Crippen molar-refractivity contribution in [3.63, 3.8) is 0 Å². The molecular weight excluding hydrogens is 490 g/mol. The van der Waals surface area contributed by atoms with E-state index in [1.54, 1.807) is 0 Å². The van der Waals surface area contributed by atoms with Crippen molar-refractivity contribution >= 4 is 22.8 Å². The molecule has 220 valence electrons. The topological polar surface area (TPSA) is 92.5 Å². The number of hydrogen-bond acceptors (Lipinski definition) is 6. The predicted molar refractivity (Wildman–Crippen MR) is 159 cm³/mol. The van der Waals surface area contributed by atoms with Crippen LogP contribution in [0.4, 0.5) is 0 Å². The molecule has 1 heterocycles.